The average Bonchev–Trinajstić information content (AvgIpc) is 2.13. The summed E-state index contributed by atoms with van der Waals surface area (Å²) in [5.41, 5.74) is 0.348. The van der Waals surface area contributed by atoms with E-state index in [1.54, 1.807) is 0 Å². The summed E-state index contributed by atoms with van der Waals surface area (Å²) in [6.07, 6.45) is 0. The first-order valence-electron chi connectivity index (χ1n) is 6.59. The van der Waals surface area contributed by atoms with Crippen LogP contribution in [0.25, 0.3) is 0 Å². The Morgan fingerprint density at radius 2 is 1.50 bits per heavy atom. The van der Waals surface area contributed by atoms with E-state index in [1.807, 2.05) is 0 Å². The molecule has 0 aromatic carbocycles. The lowest BCUT2D eigenvalue weighted by atomic mass is 9.86. The molecule has 2 atom stereocenters. The van der Waals surface area contributed by atoms with E-state index in [4.69, 9.17) is 0 Å². The smallest absolute Gasteiger partial charge is 0.0192 e. The van der Waals surface area contributed by atoms with E-state index in [0.29, 0.717) is 17.5 Å². The lowest BCUT2D eigenvalue weighted by Gasteiger charge is -2.39. The molecule has 0 saturated carbocycles. The normalized spacial score (nSPS) is 16.9. The van der Waals surface area contributed by atoms with Crippen molar-refractivity contribution < 1.29 is 0 Å². The molecule has 0 heterocycles. The SMILES string of the molecule is CC(C)CNCC(C)N(C)C(C)C(C)(C)C. The van der Waals surface area contributed by atoms with Gasteiger partial charge < -0.3 is 5.32 Å². The minimum absolute atomic E-state index is 0.348. The van der Waals surface area contributed by atoms with Crippen molar-refractivity contribution in [2.45, 2.75) is 60.5 Å². The van der Waals surface area contributed by atoms with Gasteiger partial charge in [-0.15, -0.1) is 0 Å². The Hall–Kier alpha value is -0.0800. The van der Waals surface area contributed by atoms with E-state index in [-0.39, 0.29) is 0 Å². The van der Waals surface area contributed by atoms with Crippen molar-refractivity contribution in [2.75, 3.05) is 20.1 Å². The van der Waals surface area contributed by atoms with Crippen LogP contribution in [0.1, 0.15) is 48.5 Å². The first-order chi connectivity index (χ1) is 7.16. The highest BCUT2D eigenvalue weighted by Crippen LogP contribution is 2.24. The number of nitrogens with zero attached hydrogens (tertiary/aromatic N) is 1. The Balaban J connectivity index is 4.03. The van der Waals surface area contributed by atoms with Crippen LogP contribution in [0.15, 0.2) is 0 Å². The quantitative estimate of drug-likeness (QED) is 0.752. The summed E-state index contributed by atoms with van der Waals surface area (Å²) in [4.78, 5) is 2.48. The Kier molecular flexibility index (Phi) is 6.57. The molecule has 0 aliphatic rings. The molecule has 0 rings (SSSR count). The maximum atomic E-state index is 3.53. The summed E-state index contributed by atoms with van der Waals surface area (Å²) >= 11 is 0. The second-order valence-corrected chi connectivity index (χ2v) is 6.61. The molecule has 0 fully saturated rings. The van der Waals surface area contributed by atoms with E-state index < -0.39 is 0 Å². The molecule has 0 amide bonds. The molecule has 98 valence electrons. The first-order valence-corrected chi connectivity index (χ1v) is 6.59. The molecule has 0 spiro atoms. The zero-order valence-corrected chi connectivity index (χ0v) is 12.6. The van der Waals surface area contributed by atoms with Gasteiger partial charge in [-0.3, -0.25) is 4.90 Å². The Bertz CT molecular complexity index is 182. The fraction of sp³-hybridized carbons (Fsp3) is 1.00. The highest BCUT2D eigenvalue weighted by Gasteiger charge is 2.26. The van der Waals surface area contributed by atoms with Crippen LogP contribution >= 0.6 is 0 Å². The minimum Gasteiger partial charge on any atom is -0.315 e. The van der Waals surface area contributed by atoms with Crippen LogP contribution in [0.4, 0.5) is 0 Å². The molecule has 2 nitrogen and oxygen atoms in total. The molecule has 0 aliphatic carbocycles. The highest BCUT2D eigenvalue weighted by molar-refractivity contribution is 4.81. The summed E-state index contributed by atoms with van der Waals surface area (Å²) in [7, 11) is 2.23. The van der Waals surface area contributed by atoms with Gasteiger partial charge >= 0.3 is 0 Å². The van der Waals surface area contributed by atoms with Gasteiger partial charge in [0.25, 0.3) is 0 Å². The van der Waals surface area contributed by atoms with E-state index in [9.17, 15) is 0 Å². The Labute approximate surface area is 103 Å². The van der Waals surface area contributed by atoms with Gasteiger partial charge in [-0.05, 0) is 38.8 Å². The second-order valence-electron chi connectivity index (χ2n) is 6.61. The predicted octanol–water partition coefficient (Wildman–Crippen LogP) is 2.99. The highest BCUT2D eigenvalue weighted by atomic mass is 15.2. The van der Waals surface area contributed by atoms with Crippen LogP contribution in [-0.2, 0) is 0 Å². The molecular formula is C14H32N2. The van der Waals surface area contributed by atoms with E-state index in [1.165, 1.54) is 0 Å². The zero-order valence-electron chi connectivity index (χ0n) is 12.6. The lowest BCUT2D eigenvalue weighted by Crippen LogP contribution is -2.48. The maximum Gasteiger partial charge on any atom is 0.0192 e. The van der Waals surface area contributed by atoms with Crippen LogP contribution in [0.2, 0.25) is 0 Å². The molecule has 0 aromatic rings. The van der Waals surface area contributed by atoms with Crippen LogP contribution in [0.3, 0.4) is 0 Å². The van der Waals surface area contributed by atoms with Crippen molar-refractivity contribution in [1.29, 1.82) is 0 Å². The van der Waals surface area contributed by atoms with Gasteiger partial charge in [0.2, 0.25) is 0 Å². The van der Waals surface area contributed by atoms with Crippen molar-refractivity contribution in [2.24, 2.45) is 11.3 Å². The predicted molar refractivity (Wildman–Crippen MR) is 73.8 cm³/mol. The van der Waals surface area contributed by atoms with Crippen LogP contribution in [-0.4, -0.2) is 37.1 Å². The molecule has 0 saturated heterocycles. The number of nitrogens with one attached hydrogen (secondary N) is 1. The number of hydrogen-bond donors (Lipinski definition) is 1. The Morgan fingerprint density at radius 1 is 1.00 bits per heavy atom. The zero-order chi connectivity index (χ0) is 12.9. The van der Waals surface area contributed by atoms with Crippen LogP contribution in [0.5, 0.6) is 0 Å². The molecule has 16 heavy (non-hydrogen) atoms. The molecule has 2 unspecified atom stereocenters. The number of hydrogen-bond acceptors (Lipinski definition) is 2. The summed E-state index contributed by atoms with van der Waals surface area (Å²) < 4.78 is 0. The van der Waals surface area contributed by atoms with Crippen molar-refractivity contribution in [3.05, 3.63) is 0 Å². The van der Waals surface area contributed by atoms with Gasteiger partial charge in [-0.25, -0.2) is 0 Å². The second kappa shape index (κ2) is 6.61. The Morgan fingerprint density at radius 3 is 1.88 bits per heavy atom. The van der Waals surface area contributed by atoms with Crippen molar-refractivity contribution in [1.82, 2.24) is 10.2 Å². The molecule has 1 N–H and O–H groups in total. The summed E-state index contributed by atoms with van der Waals surface area (Å²) in [5, 5.41) is 3.53. The van der Waals surface area contributed by atoms with E-state index in [2.05, 4.69) is 65.7 Å². The van der Waals surface area contributed by atoms with Crippen LogP contribution in [0, 0.1) is 11.3 Å². The number of likely N-dealkylation sites (N-methyl/N-ethyl adjacent to an activating group) is 1. The molecule has 0 aromatic heterocycles. The van der Waals surface area contributed by atoms with E-state index in [0.717, 1.165) is 19.0 Å². The lowest BCUT2D eigenvalue weighted by molar-refractivity contribution is 0.103. The van der Waals surface area contributed by atoms with Crippen molar-refractivity contribution >= 4 is 0 Å². The monoisotopic (exact) mass is 228 g/mol. The number of rotatable bonds is 6. The van der Waals surface area contributed by atoms with Gasteiger partial charge in [-0.2, -0.15) is 0 Å². The van der Waals surface area contributed by atoms with Gasteiger partial charge in [0, 0.05) is 18.6 Å². The van der Waals surface area contributed by atoms with Crippen molar-refractivity contribution in [3.8, 4) is 0 Å². The summed E-state index contributed by atoms with van der Waals surface area (Å²) in [6.45, 7) is 18.2. The fourth-order valence-corrected chi connectivity index (χ4v) is 1.72. The molecule has 0 radical (unpaired) electrons. The van der Waals surface area contributed by atoms with E-state index >= 15 is 0 Å². The third-order valence-corrected chi connectivity index (χ3v) is 3.55. The average molecular weight is 228 g/mol. The maximum absolute atomic E-state index is 3.53. The van der Waals surface area contributed by atoms with Gasteiger partial charge in [0.05, 0.1) is 0 Å². The molecule has 0 bridgehead atoms. The largest absolute Gasteiger partial charge is 0.315 e. The third kappa shape index (κ3) is 5.86. The van der Waals surface area contributed by atoms with Crippen molar-refractivity contribution in [3.63, 3.8) is 0 Å². The third-order valence-electron chi connectivity index (χ3n) is 3.55. The summed E-state index contributed by atoms with van der Waals surface area (Å²) in [6, 6.07) is 1.19. The van der Waals surface area contributed by atoms with Gasteiger partial charge in [0.15, 0.2) is 0 Å². The standard InChI is InChI=1S/C14H32N2/c1-11(2)9-15-10-12(3)16(8)13(4)14(5,6)7/h11-13,15H,9-10H2,1-8H3. The minimum atomic E-state index is 0.348. The fourth-order valence-electron chi connectivity index (χ4n) is 1.72. The van der Waals surface area contributed by atoms with Gasteiger partial charge in [0.1, 0.15) is 0 Å². The molecule has 2 heteroatoms. The molecule has 0 aliphatic heterocycles. The van der Waals surface area contributed by atoms with Gasteiger partial charge in [-0.1, -0.05) is 34.6 Å². The molecular weight excluding hydrogens is 196 g/mol. The first kappa shape index (κ1) is 15.9. The van der Waals surface area contributed by atoms with Crippen LogP contribution < -0.4 is 5.32 Å². The summed E-state index contributed by atoms with van der Waals surface area (Å²) in [5.74, 6) is 0.734. The topological polar surface area (TPSA) is 15.3 Å².